The van der Waals surface area contributed by atoms with Crippen LogP contribution < -0.4 is 0 Å². The fourth-order valence-corrected chi connectivity index (χ4v) is 4.62. The Bertz CT molecular complexity index is 748. The molecule has 0 aliphatic carbocycles. The first-order chi connectivity index (χ1) is 11.6. The highest BCUT2D eigenvalue weighted by Crippen LogP contribution is 2.14. The maximum absolute atomic E-state index is 12.4. The summed E-state index contributed by atoms with van der Waals surface area (Å²) < 4.78 is 26.4. The van der Waals surface area contributed by atoms with Crippen LogP contribution in [0.1, 0.15) is 10.4 Å². The van der Waals surface area contributed by atoms with E-state index in [9.17, 15) is 8.42 Å². The van der Waals surface area contributed by atoms with Gasteiger partial charge in [0, 0.05) is 43.0 Å². The SMILES string of the molecule is O=S(=O)(/C=C/c1ccccc1)N1CCN(CCc2cccs2)CC1. The molecule has 0 radical (unpaired) electrons. The molecule has 1 aliphatic heterocycles. The van der Waals surface area contributed by atoms with Gasteiger partial charge in [0.05, 0.1) is 0 Å². The number of nitrogens with zero attached hydrogens (tertiary/aromatic N) is 2. The molecule has 1 aliphatic rings. The van der Waals surface area contributed by atoms with Crippen molar-refractivity contribution in [2.45, 2.75) is 6.42 Å². The molecule has 128 valence electrons. The smallest absolute Gasteiger partial charge is 0.236 e. The van der Waals surface area contributed by atoms with Crippen LogP contribution in [0.2, 0.25) is 0 Å². The highest BCUT2D eigenvalue weighted by atomic mass is 32.2. The number of piperazine rings is 1. The van der Waals surface area contributed by atoms with Gasteiger partial charge in [0.15, 0.2) is 0 Å². The van der Waals surface area contributed by atoms with Gasteiger partial charge in [0.25, 0.3) is 0 Å². The van der Waals surface area contributed by atoms with E-state index in [0.29, 0.717) is 13.1 Å². The Morgan fingerprint density at radius 2 is 1.75 bits per heavy atom. The van der Waals surface area contributed by atoms with Crippen LogP contribution in [0.25, 0.3) is 6.08 Å². The molecule has 1 aromatic heterocycles. The standard InChI is InChI=1S/C18H22N2O2S2/c21-24(22,16-9-17-5-2-1-3-6-17)20-13-11-19(12-14-20)10-8-18-7-4-15-23-18/h1-7,9,15-16H,8,10-14H2/b16-9+. The summed E-state index contributed by atoms with van der Waals surface area (Å²) in [5, 5.41) is 3.42. The van der Waals surface area contributed by atoms with E-state index in [1.54, 1.807) is 21.7 Å². The Hall–Kier alpha value is -1.47. The second-order valence-electron chi connectivity index (χ2n) is 5.83. The first kappa shape index (κ1) is 17.4. The third-order valence-corrected chi connectivity index (χ3v) is 6.68. The minimum absolute atomic E-state index is 0.561. The van der Waals surface area contributed by atoms with E-state index in [4.69, 9.17) is 0 Å². The van der Waals surface area contributed by atoms with Crippen molar-refractivity contribution in [3.8, 4) is 0 Å². The Morgan fingerprint density at radius 3 is 2.42 bits per heavy atom. The van der Waals surface area contributed by atoms with Crippen LogP contribution in [0.4, 0.5) is 0 Å². The van der Waals surface area contributed by atoms with Gasteiger partial charge in [-0.15, -0.1) is 11.3 Å². The van der Waals surface area contributed by atoms with Crippen molar-refractivity contribution in [2.24, 2.45) is 0 Å². The minimum Gasteiger partial charge on any atom is -0.300 e. The fraction of sp³-hybridized carbons (Fsp3) is 0.333. The van der Waals surface area contributed by atoms with Gasteiger partial charge in [-0.05, 0) is 29.5 Å². The van der Waals surface area contributed by atoms with Crippen LogP contribution in [0.5, 0.6) is 0 Å². The molecule has 1 aromatic carbocycles. The lowest BCUT2D eigenvalue weighted by atomic mass is 10.2. The third-order valence-electron chi connectivity index (χ3n) is 4.18. The molecular weight excluding hydrogens is 340 g/mol. The Labute approximate surface area is 148 Å². The predicted molar refractivity (Wildman–Crippen MR) is 100 cm³/mol. The molecule has 0 unspecified atom stereocenters. The van der Waals surface area contributed by atoms with E-state index < -0.39 is 10.0 Å². The van der Waals surface area contributed by atoms with Crippen molar-refractivity contribution >= 4 is 27.4 Å². The van der Waals surface area contributed by atoms with Gasteiger partial charge in [-0.25, -0.2) is 8.42 Å². The minimum atomic E-state index is -3.33. The largest absolute Gasteiger partial charge is 0.300 e. The third kappa shape index (κ3) is 4.77. The van der Waals surface area contributed by atoms with Crippen LogP contribution in [-0.2, 0) is 16.4 Å². The first-order valence-electron chi connectivity index (χ1n) is 8.11. The molecule has 0 atom stereocenters. The van der Waals surface area contributed by atoms with Crippen LogP contribution in [0.3, 0.4) is 0 Å². The summed E-state index contributed by atoms with van der Waals surface area (Å²) >= 11 is 1.78. The van der Waals surface area contributed by atoms with Crippen molar-refractivity contribution < 1.29 is 8.42 Å². The van der Waals surface area contributed by atoms with Gasteiger partial charge in [-0.1, -0.05) is 36.4 Å². The lowest BCUT2D eigenvalue weighted by Gasteiger charge is -2.33. The molecule has 1 fully saturated rings. The zero-order chi connectivity index (χ0) is 16.8. The maximum Gasteiger partial charge on any atom is 0.236 e. The number of rotatable bonds is 6. The van der Waals surface area contributed by atoms with Gasteiger partial charge in [-0.3, -0.25) is 0 Å². The summed E-state index contributed by atoms with van der Waals surface area (Å²) in [4.78, 5) is 3.72. The van der Waals surface area contributed by atoms with Crippen molar-refractivity contribution in [1.82, 2.24) is 9.21 Å². The summed E-state index contributed by atoms with van der Waals surface area (Å²) in [5.74, 6) is 0. The van der Waals surface area contributed by atoms with Crippen LogP contribution in [0, 0.1) is 0 Å². The number of benzene rings is 1. The fourth-order valence-electron chi connectivity index (χ4n) is 2.75. The van der Waals surface area contributed by atoms with Gasteiger partial charge in [0.1, 0.15) is 0 Å². The van der Waals surface area contributed by atoms with Crippen molar-refractivity contribution in [2.75, 3.05) is 32.7 Å². The summed E-state index contributed by atoms with van der Waals surface area (Å²) in [7, 11) is -3.33. The van der Waals surface area contributed by atoms with E-state index in [1.165, 1.54) is 10.3 Å². The van der Waals surface area contributed by atoms with E-state index in [0.717, 1.165) is 31.6 Å². The number of thiophene rings is 1. The van der Waals surface area contributed by atoms with E-state index in [-0.39, 0.29) is 0 Å². The normalized spacial score (nSPS) is 17.5. The molecule has 2 heterocycles. The molecule has 0 N–H and O–H groups in total. The second-order valence-corrected chi connectivity index (χ2v) is 8.68. The summed E-state index contributed by atoms with van der Waals surface area (Å²) in [6.07, 6.45) is 2.71. The molecule has 0 saturated carbocycles. The highest BCUT2D eigenvalue weighted by Gasteiger charge is 2.24. The van der Waals surface area contributed by atoms with Crippen LogP contribution in [0.15, 0.2) is 53.3 Å². The van der Waals surface area contributed by atoms with Crippen molar-refractivity contribution in [3.05, 3.63) is 63.7 Å². The zero-order valence-electron chi connectivity index (χ0n) is 13.5. The predicted octanol–water partition coefficient (Wildman–Crippen LogP) is 2.91. The summed E-state index contributed by atoms with van der Waals surface area (Å²) in [5.41, 5.74) is 0.899. The van der Waals surface area contributed by atoms with E-state index in [2.05, 4.69) is 22.4 Å². The Morgan fingerprint density at radius 1 is 1.00 bits per heavy atom. The second kappa shape index (κ2) is 8.07. The average Bonchev–Trinajstić information content (AvgIpc) is 3.13. The Kier molecular flexibility index (Phi) is 5.84. The molecule has 3 rings (SSSR count). The van der Waals surface area contributed by atoms with Crippen LogP contribution in [-0.4, -0.2) is 50.3 Å². The lowest BCUT2D eigenvalue weighted by molar-refractivity contribution is 0.191. The monoisotopic (exact) mass is 362 g/mol. The molecular formula is C18H22N2O2S2. The van der Waals surface area contributed by atoms with E-state index >= 15 is 0 Å². The molecule has 24 heavy (non-hydrogen) atoms. The molecule has 1 saturated heterocycles. The van der Waals surface area contributed by atoms with Gasteiger partial charge >= 0.3 is 0 Å². The molecule has 0 bridgehead atoms. The van der Waals surface area contributed by atoms with Crippen molar-refractivity contribution in [3.63, 3.8) is 0 Å². The quantitative estimate of drug-likeness (QED) is 0.793. The average molecular weight is 363 g/mol. The highest BCUT2D eigenvalue weighted by molar-refractivity contribution is 7.92. The first-order valence-corrected chi connectivity index (χ1v) is 10.5. The molecule has 4 nitrogen and oxygen atoms in total. The Balaban J connectivity index is 1.50. The van der Waals surface area contributed by atoms with E-state index in [1.807, 2.05) is 30.3 Å². The van der Waals surface area contributed by atoms with Crippen LogP contribution >= 0.6 is 11.3 Å². The summed E-state index contributed by atoms with van der Waals surface area (Å²) in [6.45, 7) is 3.71. The van der Waals surface area contributed by atoms with Crippen molar-refractivity contribution in [1.29, 1.82) is 0 Å². The number of sulfonamides is 1. The zero-order valence-corrected chi connectivity index (χ0v) is 15.2. The van der Waals surface area contributed by atoms with Gasteiger partial charge in [0.2, 0.25) is 10.0 Å². The molecule has 0 spiro atoms. The number of hydrogen-bond acceptors (Lipinski definition) is 4. The van der Waals surface area contributed by atoms with Gasteiger partial charge in [-0.2, -0.15) is 4.31 Å². The topological polar surface area (TPSA) is 40.6 Å². The van der Waals surface area contributed by atoms with Gasteiger partial charge < -0.3 is 4.90 Å². The lowest BCUT2D eigenvalue weighted by Crippen LogP contribution is -2.48. The maximum atomic E-state index is 12.4. The summed E-state index contributed by atoms with van der Waals surface area (Å²) in [6, 6.07) is 13.7. The number of hydrogen-bond donors (Lipinski definition) is 0. The molecule has 2 aromatic rings. The molecule has 0 amide bonds. The molecule has 6 heteroatoms.